The molecule has 1 nitrogen and oxygen atoms in total. The van der Waals surface area contributed by atoms with Crippen molar-refractivity contribution < 1.29 is 0 Å². The number of nitrogens with zero attached hydrogens (tertiary/aromatic N) is 1. The van der Waals surface area contributed by atoms with Gasteiger partial charge >= 0.3 is 0 Å². The first-order valence-electron chi connectivity index (χ1n) is 15.0. The summed E-state index contributed by atoms with van der Waals surface area (Å²) in [6.07, 6.45) is 0. The van der Waals surface area contributed by atoms with E-state index in [1.165, 1.54) is 49.4 Å². The van der Waals surface area contributed by atoms with E-state index in [2.05, 4.69) is 176 Å². The SMILES string of the molecule is c1ccc(-c2cccc(-c3ccc(-c4cc(-c5ccc6ccccc6c5)cc(-c5ccc6ccccc6c5)n4)cc3)c2)cc1. The highest BCUT2D eigenvalue weighted by atomic mass is 14.7. The molecular formula is C43H29N. The summed E-state index contributed by atoms with van der Waals surface area (Å²) in [4.78, 5) is 5.22. The molecule has 0 aliphatic carbocycles. The molecule has 0 N–H and O–H groups in total. The molecule has 1 heterocycles. The molecule has 8 aromatic rings. The van der Waals surface area contributed by atoms with Gasteiger partial charge in [-0.2, -0.15) is 0 Å². The molecule has 0 saturated carbocycles. The van der Waals surface area contributed by atoms with Crippen LogP contribution >= 0.6 is 0 Å². The van der Waals surface area contributed by atoms with Crippen molar-refractivity contribution in [1.29, 1.82) is 0 Å². The minimum absolute atomic E-state index is 0.961. The summed E-state index contributed by atoms with van der Waals surface area (Å²) in [5, 5.41) is 4.92. The normalized spacial score (nSPS) is 11.2. The number of aromatic nitrogens is 1. The van der Waals surface area contributed by atoms with Crippen molar-refractivity contribution >= 4 is 21.5 Å². The van der Waals surface area contributed by atoms with Crippen LogP contribution in [0.15, 0.2) is 176 Å². The van der Waals surface area contributed by atoms with Crippen molar-refractivity contribution in [3.63, 3.8) is 0 Å². The third-order valence-corrected chi connectivity index (χ3v) is 8.44. The Morgan fingerprint density at radius 3 is 1.32 bits per heavy atom. The molecule has 8 rings (SSSR count). The van der Waals surface area contributed by atoms with Crippen LogP contribution in [-0.4, -0.2) is 4.98 Å². The van der Waals surface area contributed by atoms with Crippen molar-refractivity contribution in [1.82, 2.24) is 4.98 Å². The lowest BCUT2D eigenvalue weighted by Crippen LogP contribution is -1.92. The van der Waals surface area contributed by atoms with Crippen LogP contribution in [0.3, 0.4) is 0 Å². The van der Waals surface area contributed by atoms with E-state index in [1.807, 2.05) is 0 Å². The molecule has 1 aromatic heterocycles. The van der Waals surface area contributed by atoms with Gasteiger partial charge < -0.3 is 0 Å². The highest BCUT2D eigenvalue weighted by Gasteiger charge is 2.11. The number of rotatable bonds is 5. The molecule has 0 unspecified atom stereocenters. The molecule has 0 spiro atoms. The lowest BCUT2D eigenvalue weighted by atomic mass is 9.96. The highest BCUT2D eigenvalue weighted by Crippen LogP contribution is 2.34. The minimum atomic E-state index is 0.961. The third-order valence-electron chi connectivity index (χ3n) is 8.44. The van der Waals surface area contributed by atoms with Crippen LogP contribution in [0.2, 0.25) is 0 Å². The van der Waals surface area contributed by atoms with E-state index in [-0.39, 0.29) is 0 Å². The number of fused-ring (bicyclic) bond motifs is 2. The van der Waals surface area contributed by atoms with E-state index in [0.29, 0.717) is 0 Å². The fourth-order valence-electron chi connectivity index (χ4n) is 6.05. The number of benzene rings is 7. The molecule has 206 valence electrons. The van der Waals surface area contributed by atoms with Gasteiger partial charge in [0.05, 0.1) is 11.4 Å². The van der Waals surface area contributed by atoms with Gasteiger partial charge in [0, 0.05) is 11.1 Å². The zero-order valence-electron chi connectivity index (χ0n) is 24.2. The van der Waals surface area contributed by atoms with Crippen molar-refractivity contribution in [3.05, 3.63) is 176 Å². The Bertz CT molecular complexity index is 2170. The van der Waals surface area contributed by atoms with Crippen molar-refractivity contribution in [2.45, 2.75) is 0 Å². The van der Waals surface area contributed by atoms with Crippen LogP contribution in [0.4, 0.5) is 0 Å². The second-order valence-electron chi connectivity index (χ2n) is 11.3. The first-order chi connectivity index (χ1) is 21.8. The predicted molar refractivity (Wildman–Crippen MR) is 186 cm³/mol. The Balaban J connectivity index is 1.22. The van der Waals surface area contributed by atoms with Crippen LogP contribution in [0.1, 0.15) is 0 Å². The average Bonchev–Trinajstić information content (AvgIpc) is 3.11. The molecule has 7 aromatic carbocycles. The van der Waals surface area contributed by atoms with Gasteiger partial charge in [-0.15, -0.1) is 0 Å². The highest BCUT2D eigenvalue weighted by molar-refractivity contribution is 5.90. The van der Waals surface area contributed by atoms with Gasteiger partial charge in [-0.25, -0.2) is 4.98 Å². The summed E-state index contributed by atoms with van der Waals surface area (Å²) in [5.74, 6) is 0. The topological polar surface area (TPSA) is 12.9 Å². The number of hydrogen-bond donors (Lipinski definition) is 0. The lowest BCUT2D eigenvalue weighted by molar-refractivity contribution is 1.32. The van der Waals surface area contributed by atoms with Gasteiger partial charge in [0.2, 0.25) is 0 Å². The number of hydrogen-bond acceptors (Lipinski definition) is 1. The Kier molecular flexibility index (Phi) is 6.55. The Labute approximate surface area is 257 Å². The average molecular weight is 560 g/mol. The zero-order valence-corrected chi connectivity index (χ0v) is 24.2. The Morgan fingerprint density at radius 2 is 0.659 bits per heavy atom. The third kappa shape index (κ3) is 5.06. The van der Waals surface area contributed by atoms with E-state index < -0.39 is 0 Å². The molecule has 0 saturated heterocycles. The molecule has 0 fully saturated rings. The predicted octanol–water partition coefficient (Wildman–Crippen LogP) is 11.7. The first kappa shape index (κ1) is 25.9. The summed E-state index contributed by atoms with van der Waals surface area (Å²) in [5.41, 5.74) is 11.3. The largest absolute Gasteiger partial charge is 0.248 e. The van der Waals surface area contributed by atoms with Crippen LogP contribution < -0.4 is 0 Å². The minimum Gasteiger partial charge on any atom is -0.248 e. The summed E-state index contributed by atoms with van der Waals surface area (Å²) in [7, 11) is 0. The number of pyridine rings is 1. The Hall–Kier alpha value is -5.79. The summed E-state index contributed by atoms with van der Waals surface area (Å²) in [6.45, 7) is 0. The fourth-order valence-corrected chi connectivity index (χ4v) is 6.05. The Morgan fingerprint density at radius 1 is 0.227 bits per heavy atom. The first-order valence-corrected chi connectivity index (χ1v) is 15.0. The van der Waals surface area contributed by atoms with Crippen molar-refractivity contribution in [2.75, 3.05) is 0 Å². The lowest BCUT2D eigenvalue weighted by Gasteiger charge is -2.12. The van der Waals surface area contributed by atoms with Gasteiger partial charge in [-0.05, 0) is 85.3 Å². The maximum atomic E-state index is 5.22. The molecular weight excluding hydrogens is 530 g/mol. The molecule has 0 radical (unpaired) electrons. The molecule has 44 heavy (non-hydrogen) atoms. The zero-order chi connectivity index (χ0) is 29.3. The van der Waals surface area contributed by atoms with Crippen LogP contribution in [0.5, 0.6) is 0 Å². The second-order valence-corrected chi connectivity index (χ2v) is 11.3. The molecule has 0 bridgehead atoms. The molecule has 0 aliphatic heterocycles. The fraction of sp³-hybridized carbons (Fsp3) is 0. The van der Waals surface area contributed by atoms with Crippen molar-refractivity contribution in [3.8, 4) is 55.9 Å². The quantitative estimate of drug-likeness (QED) is 0.204. The second kappa shape index (κ2) is 11.1. The standard InChI is InChI=1S/C43H29N/c1-2-9-30(10-3-1)37-15-8-16-38(25-37)33-17-21-34(22-18-33)42-28-41(39-23-19-31-11-4-6-13-35(31)26-39)29-43(44-42)40-24-20-32-12-5-7-14-36(32)27-40/h1-29H. The summed E-state index contributed by atoms with van der Waals surface area (Å²) >= 11 is 0. The van der Waals surface area contributed by atoms with E-state index >= 15 is 0 Å². The van der Waals surface area contributed by atoms with Gasteiger partial charge in [-0.1, -0.05) is 146 Å². The summed E-state index contributed by atoms with van der Waals surface area (Å²) < 4.78 is 0. The van der Waals surface area contributed by atoms with E-state index in [0.717, 1.165) is 28.1 Å². The maximum Gasteiger partial charge on any atom is 0.0715 e. The van der Waals surface area contributed by atoms with Crippen LogP contribution in [0.25, 0.3) is 77.4 Å². The van der Waals surface area contributed by atoms with Crippen LogP contribution in [-0.2, 0) is 0 Å². The van der Waals surface area contributed by atoms with E-state index in [4.69, 9.17) is 4.98 Å². The summed E-state index contributed by atoms with van der Waals surface area (Å²) in [6, 6.07) is 62.9. The van der Waals surface area contributed by atoms with Gasteiger partial charge in [0.25, 0.3) is 0 Å². The molecule has 0 amide bonds. The van der Waals surface area contributed by atoms with E-state index in [1.54, 1.807) is 0 Å². The van der Waals surface area contributed by atoms with Crippen LogP contribution in [0, 0.1) is 0 Å². The molecule has 0 atom stereocenters. The van der Waals surface area contributed by atoms with Crippen molar-refractivity contribution in [2.24, 2.45) is 0 Å². The maximum absolute atomic E-state index is 5.22. The van der Waals surface area contributed by atoms with Gasteiger partial charge in [0.1, 0.15) is 0 Å². The van der Waals surface area contributed by atoms with E-state index in [9.17, 15) is 0 Å². The van der Waals surface area contributed by atoms with Gasteiger partial charge in [-0.3, -0.25) is 0 Å². The molecule has 0 aliphatic rings. The smallest absolute Gasteiger partial charge is 0.0715 e. The van der Waals surface area contributed by atoms with Gasteiger partial charge in [0.15, 0.2) is 0 Å². The monoisotopic (exact) mass is 559 g/mol. The molecule has 1 heteroatoms.